The van der Waals surface area contributed by atoms with E-state index in [9.17, 15) is 18.0 Å². The summed E-state index contributed by atoms with van der Waals surface area (Å²) >= 11 is 12.9. The lowest BCUT2D eigenvalue weighted by atomic mass is 10.0. The van der Waals surface area contributed by atoms with Gasteiger partial charge in [0.25, 0.3) is 10.0 Å². The molecule has 7 nitrogen and oxygen atoms in total. The largest absolute Gasteiger partial charge is 0.354 e. The zero-order valence-corrected chi connectivity index (χ0v) is 26.1. The van der Waals surface area contributed by atoms with Crippen LogP contribution in [0, 0.1) is 0 Å². The van der Waals surface area contributed by atoms with Crippen LogP contribution in [0.15, 0.2) is 77.7 Å². The van der Waals surface area contributed by atoms with Crippen LogP contribution in [0.2, 0.25) is 10.0 Å². The standard InChI is InChI=1S/C31H37Cl2N3O4S/c1-5-19-34-31(38)29(6-2)35(20-26-27(32)13-10-14-28(26)33)30(37)21-36(24-17-15-23(16-18-24)22(3)4)41(39,40)25-11-8-7-9-12-25/h7-18,22,29H,5-6,19-21H2,1-4H3,(H,34,38)/t29-/m0/s1. The molecule has 3 rings (SSSR count). The number of carbonyl (C=O) groups is 2. The number of rotatable bonds is 13. The monoisotopic (exact) mass is 617 g/mol. The molecule has 0 aliphatic carbocycles. The van der Waals surface area contributed by atoms with Gasteiger partial charge in [-0.05, 0) is 60.7 Å². The van der Waals surface area contributed by atoms with Crippen LogP contribution in [-0.4, -0.2) is 44.3 Å². The highest BCUT2D eigenvalue weighted by molar-refractivity contribution is 7.92. The Morgan fingerprint density at radius 3 is 2.02 bits per heavy atom. The van der Waals surface area contributed by atoms with E-state index in [0.29, 0.717) is 34.3 Å². The maximum atomic E-state index is 14.1. The lowest BCUT2D eigenvalue weighted by molar-refractivity contribution is -0.140. The molecule has 1 atom stereocenters. The summed E-state index contributed by atoms with van der Waals surface area (Å²) in [4.78, 5) is 28.8. The zero-order chi connectivity index (χ0) is 30.2. The summed E-state index contributed by atoms with van der Waals surface area (Å²) in [6.45, 7) is 7.67. The molecule has 0 bridgehead atoms. The van der Waals surface area contributed by atoms with E-state index in [1.54, 1.807) is 55.5 Å². The Morgan fingerprint density at radius 2 is 1.49 bits per heavy atom. The molecule has 1 N–H and O–H groups in total. The summed E-state index contributed by atoms with van der Waals surface area (Å²) in [6, 6.07) is 19.2. The third-order valence-corrected chi connectivity index (χ3v) is 9.28. The van der Waals surface area contributed by atoms with E-state index in [0.717, 1.165) is 16.3 Å². The van der Waals surface area contributed by atoms with E-state index in [1.165, 1.54) is 17.0 Å². The molecule has 0 spiro atoms. The first-order valence-corrected chi connectivity index (χ1v) is 15.9. The highest BCUT2D eigenvalue weighted by Gasteiger charge is 2.34. The molecule has 3 aromatic rings. The van der Waals surface area contributed by atoms with Crippen LogP contribution >= 0.6 is 23.2 Å². The van der Waals surface area contributed by atoms with Crippen LogP contribution in [0.25, 0.3) is 0 Å². The number of carbonyl (C=O) groups excluding carboxylic acids is 2. The van der Waals surface area contributed by atoms with Crippen molar-refractivity contribution in [1.29, 1.82) is 0 Å². The van der Waals surface area contributed by atoms with Crippen molar-refractivity contribution in [1.82, 2.24) is 10.2 Å². The summed E-state index contributed by atoms with van der Waals surface area (Å²) < 4.78 is 28.9. The minimum absolute atomic E-state index is 0.0502. The highest BCUT2D eigenvalue weighted by Crippen LogP contribution is 2.29. The molecule has 2 amide bonds. The van der Waals surface area contributed by atoms with Gasteiger partial charge in [0.05, 0.1) is 10.6 Å². The first-order valence-electron chi connectivity index (χ1n) is 13.7. The van der Waals surface area contributed by atoms with Crippen molar-refractivity contribution in [3.05, 3.63) is 94.0 Å². The second-order valence-corrected chi connectivity index (χ2v) is 12.7. The first kappa shape index (κ1) is 32.4. The number of anilines is 1. The van der Waals surface area contributed by atoms with Gasteiger partial charge in [-0.1, -0.05) is 87.3 Å². The van der Waals surface area contributed by atoms with Gasteiger partial charge in [-0.25, -0.2) is 8.42 Å². The van der Waals surface area contributed by atoms with Crippen molar-refractivity contribution < 1.29 is 18.0 Å². The van der Waals surface area contributed by atoms with Crippen molar-refractivity contribution in [2.24, 2.45) is 0 Å². The molecule has 0 aromatic heterocycles. The lowest BCUT2D eigenvalue weighted by Gasteiger charge is -2.33. The van der Waals surface area contributed by atoms with Crippen LogP contribution in [0.5, 0.6) is 0 Å². The summed E-state index contributed by atoms with van der Waals surface area (Å²) in [5, 5.41) is 3.55. The molecule has 0 aliphatic heterocycles. The maximum absolute atomic E-state index is 14.1. The second-order valence-electron chi connectivity index (χ2n) is 10.0. The maximum Gasteiger partial charge on any atom is 0.264 e. The van der Waals surface area contributed by atoms with Gasteiger partial charge in [0.1, 0.15) is 12.6 Å². The van der Waals surface area contributed by atoms with E-state index < -0.39 is 28.5 Å². The van der Waals surface area contributed by atoms with Gasteiger partial charge in [-0.15, -0.1) is 0 Å². The Kier molecular flexibility index (Phi) is 11.6. The number of nitrogens with one attached hydrogen (secondary N) is 1. The third kappa shape index (κ3) is 8.03. The number of benzene rings is 3. The average molecular weight is 619 g/mol. The van der Waals surface area contributed by atoms with E-state index in [2.05, 4.69) is 5.32 Å². The molecule has 220 valence electrons. The second kappa shape index (κ2) is 14.7. The van der Waals surface area contributed by atoms with Gasteiger partial charge in [0.2, 0.25) is 11.8 Å². The highest BCUT2D eigenvalue weighted by atomic mass is 35.5. The molecule has 10 heteroatoms. The van der Waals surface area contributed by atoms with Crippen LogP contribution in [0.4, 0.5) is 5.69 Å². The zero-order valence-electron chi connectivity index (χ0n) is 23.8. The Balaban J connectivity index is 2.09. The van der Waals surface area contributed by atoms with E-state index >= 15 is 0 Å². The molecule has 0 saturated carbocycles. The van der Waals surface area contributed by atoms with Gasteiger partial charge >= 0.3 is 0 Å². The summed E-state index contributed by atoms with van der Waals surface area (Å²) in [5.41, 5.74) is 1.85. The van der Waals surface area contributed by atoms with Gasteiger partial charge < -0.3 is 10.2 Å². The van der Waals surface area contributed by atoms with Crippen LogP contribution < -0.4 is 9.62 Å². The van der Waals surface area contributed by atoms with E-state index in [-0.39, 0.29) is 23.3 Å². The van der Waals surface area contributed by atoms with E-state index in [1.807, 2.05) is 32.9 Å². The SMILES string of the molecule is CCCNC(=O)[C@H](CC)N(Cc1c(Cl)cccc1Cl)C(=O)CN(c1ccc(C(C)C)cc1)S(=O)(=O)c1ccccc1. The predicted octanol–water partition coefficient (Wildman–Crippen LogP) is 6.65. The minimum atomic E-state index is -4.14. The Labute approximate surface area is 253 Å². The fourth-order valence-corrected chi connectivity index (χ4v) is 6.37. The number of nitrogens with zero attached hydrogens (tertiary/aromatic N) is 2. The van der Waals surface area contributed by atoms with Gasteiger partial charge in [-0.3, -0.25) is 13.9 Å². The number of hydrogen-bond donors (Lipinski definition) is 1. The summed E-state index contributed by atoms with van der Waals surface area (Å²) in [6.07, 6.45) is 1.03. The van der Waals surface area contributed by atoms with Crippen molar-refractivity contribution in [3.63, 3.8) is 0 Å². The molecule has 0 fully saturated rings. The number of sulfonamides is 1. The topological polar surface area (TPSA) is 86.8 Å². The fraction of sp³-hybridized carbons (Fsp3) is 0.355. The van der Waals surface area contributed by atoms with Crippen LogP contribution in [-0.2, 0) is 26.2 Å². The Morgan fingerprint density at radius 1 is 0.878 bits per heavy atom. The molecular formula is C31H37Cl2N3O4S. The minimum Gasteiger partial charge on any atom is -0.354 e. The Bertz CT molecular complexity index is 1410. The molecule has 0 saturated heterocycles. The average Bonchev–Trinajstić information content (AvgIpc) is 2.96. The van der Waals surface area contributed by atoms with Crippen molar-refractivity contribution in [2.45, 2.75) is 63.9 Å². The fourth-order valence-electron chi connectivity index (χ4n) is 4.41. The van der Waals surface area contributed by atoms with Crippen LogP contribution in [0.1, 0.15) is 57.6 Å². The Hall–Kier alpha value is -3.07. The quantitative estimate of drug-likeness (QED) is 0.233. The third-order valence-electron chi connectivity index (χ3n) is 6.78. The number of halogens is 2. The van der Waals surface area contributed by atoms with Crippen molar-refractivity contribution >= 4 is 50.7 Å². The smallest absolute Gasteiger partial charge is 0.264 e. The van der Waals surface area contributed by atoms with Gasteiger partial charge in [-0.2, -0.15) is 0 Å². The molecule has 3 aromatic carbocycles. The van der Waals surface area contributed by atoms with E-state index in [4.69, 9.17) is 23.2 Å². The van der Waals surface area contributed by atoms with Gasteiger partial charge in [0.15, 0.2) is 0 Å². The lowest BCUT2D eigenvalue weighted by Crippen LogP contribution is -2.52. The van der Waals surface area contributed by atoms with Crippen molar-refractivity contribution in [3.8, 4) is 0 Å². The molecular weight excluding hydrogens is 581 g/mol. The van der Waals surface area contributed by atoms with Crippen molar-refractivity contribution in [2.75, 3.05) is 17.4 Å². The summed E-state index contributed by atoms with van der Waals surface area (Å²) in [7, 11) is -4.14. The number of amides is 2. The molecule has 0 aliphatic rings. The predicted molar refractivity (Wildman–Crippen MR) is 166 cm³/mol. The molecule has 0 radical (unpaired) electrons. The normalized spacial score (nSPS) is 12.2. The van der Waals surface area contributed by atoms with Gasteiger partial charge in [0, 0.05) is 28.7 Å². The first-order chi connectivity index (χ1) is 19.5. The number of hydrogen-bond acceptors (Lipinski definition) is 4. The molecule has 0 heterocycles. The molecule has 0 unspecified atom stereocenters. The van der Waals surface area contributed by atoms with Crippen LogP contribution in [0.3, 0.4) is 0 Å². The summed E-state index contributed by atoms with van der Waals surface area (Å²) in [5.74, 6) is -0.649. The molecule has 41 heavy (non-hydrogen) atoms.